The third-order valence-corrected chi connectivity index (χ3v) is 2.62. The summed E-state index contributed by atoms with van der Waals surface area (Å²) in [6.07, 6.45) is 2.33. The van der Waals surface area contributed by atoms with Crippen LogP contribution >= 0.6 is 0 Å². The van der Waals surface area contributed by atoms with E-state index in [1.807, 2.05) is 7.05 Å². The SMILES string of the molecule is Cc1nc(NCCc2ncn(C)n2)ccc1C(=O)O. The molecular formula is C12H15N5O2. The molecule has 0 amide bonds. The van der Waals surface area contributed by atoms with Crippen LogP contribution in [0.25, 0.3) is 0 Å². The van der Waals surface area contributed by atoms with E-state index in [9.17, 15) is 4.79 Å². The van der Waals surface area contributed by atoms with Crippen LogP contribution in [0.1, 0.15) is 21.9 Å². The van der Waals surface area contributed by atoms with E-state index in [0.29, 0.717) is 24.5 Å². The number of carboxylic acid groups (broad SMARTS) is 1. The van der Waals surface area contributed by atoms with Crippen molar-refractivity contribution in [2.24, 2.45) is 7.05 Å². The number of carbonyl (C=O) groups is 1. The molecule has 2 aromatic rings. The molecule has 0 radical (unpaired) electrons. The number of nitrogens with one attached hydrogen (secondary N) is 1. The number of rotatable bonds is 5. The standard InChI is InChI=1S/C12H15N5O2/c1-8-9(12(18)19)3-4-10(15-8)13-6-5-11-14-7-17(2)16-11/h3-4,7H,5-6H2,1-2H3,(H,13,15)(H,18,19). The summed E-state index contributed by atoms with van der Waals surface area (Å²) in [7, 11) is 1.82. The summed E-state index contributed by atoms with van der Waals surface area (Å²) in [4.78, 5) is 19.2. The lowest BCUT2D eigenvalue weighted by Gasteiger charge is -2.06. The molecule has 7 heteroatoms. The van der Waals surface area contributed by atoms with Gasteiger partial charge in [0.05, 0.1) is 11.3 Å². The Hall–Kier alpha value is -2.44. The number of pyridine rings is 1. The number of aromatic nitrogens is 4. The number of anilines is 1. The smallest absolute Gasteiger partial charge is 0.337 e. The minimum absolute atomic E-state index is 0.219. The fraction of sp³-hybridized carbons (Fsp3) is 0.333. The van der Waals surface area contributed by atoms with E-state index in [1.54, 1.807) is 30.1 Å². The van der Waals surface area contributed by atoms with Gasteiger partial charge in [-0.05, 0) is 19.1 Å². The Bertz CT molecular complexity index is 594. The van der Waals surface area contributed by atoms with Gasteiger partial charge in [-0.3, -0.25) is 4.68 Å². The Labute approximate surface area is 110 Å². The Kier molecular flexibility index (Phi) is 3.74. The van der Waals surface area contributed by atoms with Gasteiger partial charge < -0.3 is 10.4 Å². The largest absolute Gasteiger partial charge is 0.478 e. The third-order valence-electron chi connectivity index (χ3n) is 2.62. The normalized spacial score (nSPS) is 10.4. The molecule has 0 fully saturated rings. The van der Waals surface area contributed by atoms with Gasteiger partial charge in [0.2, 0.25) is 0 Å². The van der Waals surface area contributed by atoms with Gasteiger partial charge in [0.1, 0.15) is 12.1 Å². The first kappa shape index (κ1) is 13.0. The molecule has 19 heavy (non-hydrogen) atoms. The summed E-state index contributed by atoms with van der Waals surface area (Å²) in [6, 6.07) is 3.20. The summed E-state index contributed by atoms with van der Waals surface area (Å²) in [5.41, 5.74) is 0.713. The predicted molar refractivity (Wildman–Crippen MR) is 69.1 cm³/mol. The van der Waals surface area contributed by atoms with E-state index >= 15 is 0 Å². The monoisotopic (exact) mass is 261 g/mol. The molecule has 7 nitrogen and oxygen atoms in total. The molecule has 0 saturated heterocycles. The number of nitrogens with zero attached hydrogens (tertiary/aromatic N) is 4. The molecule has 0 spiro atoms. The van der Waals surface area contributed by atoms with Crippen LogP contribution in [0.5, 0.6) is 0 Å². The number of hydrogen-bond acceptors (Lipinski definition) is 5. The number of aromatic carboxylic acids is 1. The first-order chi connectivity index (χ1) is 9.06. The van der Waals surface area contributed by atoms with E-state index in [4.69, 9.17) is 5.11 Å². The van der Waals surface area contributed by atoms with Crippen molar-refractivity contribution < 1.29 is 9.90 Å². The number of aryl methyl sites for hydroxylation is 2. The van der Waals surface area contributed by atoms with E-state index in [1.165, 1.54) is 0 Å². The highest BCUT2D eigenvalue weighted by molar-refractivity contribution is 5.89. The Morgan fingerprint density at radius 3 is 2.84 bits per heavy atom. The number of carboxylic acids is 1. The van der Waals surface area contributed by atoms with Crippen LogP contribution in [0.2, 0.25) is 0 Å². The van der Waals surface area contributed by atoms with Gasteiger partial charge in [0, 0.05) is 20.0 Å². The maximum absolute atomic E-state index is 10.9. The van der Waals surface area contributed by atoms with Crippen molar-refractivity contribution in [2.75, 3.05) is 11.9 Å². The zero-order valence-electron chi connectivity index (χ0n) is 10.8. The van der Waals surface area contributed by atoms with E-state index < -0.39 is 5.97 Å². The van der Waals surface area contributed by atoms with Crippen molar-refractivity contribution in [1.82, 2.24) is 19.7 Å². The van der Waals surface area contributed by atoms with Crippen LogP contribution in [0.4, 0.5) is 5.82 Å². The van der Waals surface area contributed by atoms with Gasteiger partial charge in [0.25, 0.3) is 0 Å². The maximum atomic E-state index is 10.9. The Morgan fingerprint density at radius 1 is 1.47 bits per heavy atom. The molecule has 0 saturated carbocycles. The Balaban J connectivity index is 1.93. The molecule has 0 atom stereocenters. The van der Waals surface area contributed by atoms with Crippen LogP contribution in [-0.4, -0.2) is 37.4 Å². The number of hydrogen-bond donors (Lipinski definition) is 2. The second kappa shape index (κ2) is 5.47. The van der Waals surface area contributed by atoms with Crippen LogP contribution in [0.3, 0.4) is 0 Å². The first-order valence-corrected chi connectivity index (χ1v) is 5.85. The van der Waals surface area contributed by atoms with E-state index in [0.717, 1.165) is 5.82 Å². The maximum Gasteiger partial charge on any atom is 0.337 e. The molecule has 100 valence electrons. The average Bonchev–Trinajstić information content (AvgIpc) is 2.75. The summed E-state index contributed by atoms with van der Waals surface area (Å²) in [5, 5.41) is 16.2. The molecule has 0 aliphatic carbocycles. The quantitative estimate of drug-likeness (QED) is 0.829. The fourth-order valence-electron chi connectivity index (χ4n) is 1.69. The van der Waals surface area contributed by atoms with Gasteiger partial charge in [-0.1, -0.05) is 0 Å². The lowest BCUT2D eigenvalue weighted by Crippen LogP contribution is -2.09. The molecule has 0 aliphatic rings. The van der Waals surface area contributed by atoms with Crippen molar-refractivity contribution in [3.8, 4) is 0 Å². The van der Waals surface area contributed by atoms with Crippen LogP contribution in [0, 0.1) is 6.92 Å². The molecule has 2 heterocycles. The van der Waals surface area contributed by atoms with Gasteiger partial charge in [-0.2, -0.15) is 5.10 Å². The summed E-state index contributed by atoms with van der Waals surface area (Å²) in [6.45, 7) is 2.32. The molecule has 0 bridgehead atoms. The van der Waals surface area contributed by atoms with Crippen molar-refractivity contribution in [2.45, 2.75) is 13.3 Å². The van der Waals surface area contributed by atoms with Gasteiger partial charge in [-0.15, -0.1) is 0 Å². The zero-order chi connectivity index (χ0) is 13.8. The molecule has 2 aromatic heterocycles. The van der Waals surface area contributed by atoms with E-state index in [-0.39, 0.29) is 5.56 Å². The Morgan fingerprint density at radius 2 is 2.26 bits per heavy atom. The molecular weight excluding hydrogens is 246 g/mol. The second-order valence-corrected chi connectivity index (χ2v) is 4.15. The summed E-state index contributed by atoms with van der Waals surface area (Å²) < 4.78 is 1.65. The minimum atomic E-state index is -0.964. The average molecular weight is 261 g/mol. The van der Waals surface area contributed by atoms with Crippen molar-refractivity contribution in [3.05, 3.63) is 35.5 Å². The molecule has 2 rings (SSSR count). The minimum Gasteiger partial charge on any atom is -0.478 e. The molecule has 0 aromatic carbocycles. The van der Waals surface area contributed by atoms with Gasteiger partial charge in [-0.25, -0.2) is 14.8 Å². The lowest BCUT2D eigenvalue weighted by atomic mass is 10.2. The molecule has 0 unspecified atom stereocenters. The van der Waals surface area contributed by atoms with Crippen molar-refractivity contribution in [3.63, 3.8) is 0 Å². The van der Waals surface area contributed by atoms with Crippen LogP contribution in [-0.2, 0) is 13.5 Å². The molecule has 0 aliphatic heterocycles. The van der Waals surface area contributed by atoms with Gasteiger partial charge in [0.15, 0.2) is 5.82 Å². The predicted octanol–water partition coefficient (Wildman–Crippen LogP) is 0.871. The van der Waals surface area contributed by atoms with Gasteiger partial charge >= 0.3 is 5.97 Å². The first-order valence-electron chi connectivity index (χ1n) is 5.85. The topological polar surface area (TPSA) is 92.9 Å². The van der Waals surface area contributed by atoms with Crippen molar-refractivity contribution in [1.29, 1.82) is 0 Å². The van der Waals surface area contributed by atoms with Crippen LogP contribution < -0.4 is 5.32 Å². The highest BCUT2D eigenvalue weighted by atomic mass is 16.4. The fourth-order valence-corrected chi connectivity index (χ4v) is 1.69. The summed E-state index contributed by atoms with van der Waals surface area (Å²) in [5.74, 6) is 0.446. The second-order valence-electron chi connectivity index (χ2n) is 4.15. The molecule has 2 N–H and O–H groups in total. The lowest BCUT2D eigenvalue weighted by molar-refractivity contribution is 0.0695. The highest BCUT2D eigenvalue weighted by Gasteiger charge is 2.08. The van der Waals surface area contributed by atoms with E-state index in [2.05, 4.69) is 20.4 Å². The third kappa shape index (κ3) is 3.27. The zero-order valence-corrected chi connectivity index (χ0v) is 10.8. The van der Waals surface area contributed by atoms with Crippen LogP contribution in [0.15, 0.2) is 18.5 Å². The summed E-state index contributed by atoms with van der Waals surface area (Å²) >= 11 is 0. The highest BCUT2D eigenvalue weighted by Crippen LogP contribution is 2.10. The van der Waals surface area contributed by atoms with Crippen molar-refractivity contribution >= 4 is 11.8 Å².